The van der Waals surface area contributed by atoms with E-state index in [0.29, 0.717) is 12.8 Å². The minimum atomic E-state index is -1.07. The smallest absolute Gasteiger partial charge is 0.135 e. The number of allylic oxidation sites excluding steroid dienone is 4. The van der Waals surface area contributed by atoms with Crippen molar-refractivity contribution in [3.8, 4) is 0 Å². The van der Waals surface area contributed by atoms with Crippen molar-refractivity contribution in [3.63, 3.8) is 0 Å². The second kappa shape index (κ2) is 5.65. The summed E-state index contributed by atoms with van der Waals surface area (Å²) >= 11 is 0. The molecule has 0 spiro atoms. The molecule has 0 N–H and O–H groups in total. The first-order valence-electron chi connectivity index (χ1n) is 6.61. The lowest BCUT2D eigenvalue weighted by Crippen LogP contribution is -2.27. The monoisotopic (exact) mass is 224 g/mol. The Kier molecular flexibility index (Phi) is 4.76. The summed E-state index contributed by atoms with van der Waals surface area (Å²) < 4.78 is 15.0. The maximum atomic E-state index is 15.0. The average molecular weight is 224 g/mol. The standard InChI is InChI=1S/C15H25F/c1-5-10-15(16,11-6-2)14-9-7-8-12(3)13(14)4/h9H,5-8,10-11H2,1-4H3. The van der Waals surface area contributed by atoms with Gasteiger partial charge in [0, 0.05) is 0 Å². The van der Waals surface area contributed by atoms with Crippen LogP contribution in [0.3, 0.4) is 0 Å². The van der Waals surface area contributed by atoms with E-state index in [4.69, 9.17) is 0 Å². The van der Waals surface area contributed by atoms with Crippen LogP contribution >= 0.6 is 0 Å². The van der Waals surface area contributed by atoms with Crippen molar-refractivity contribution in [2.24, 2.45) is 0 Å². The summed E-state index contributed by atoms with van der Waals surface area (Å²) in [6.45, 7) is 8.36. The first-order chi connectivity index (χ1) is 7.55. The predicted octanol–water partition coefficient (Wildman–Crippen LogP) is 5.35. The zero-order chi connectivity index (χ0) is 12.2. The molecule has 0 amide bonds. The van der Waals surface area contributed by atoms with E-state index in [1.807, 2.05) is 0 Å². The third-order valence-electron chi connectivity index (χ3n) is 3.69. The van der Waals surface area contributed by atoms with Crippen LogP contribution in [-0.2, 0) is 0 Å². The first kappa shape index (κ1) is 13.5. The third-order valence-corrected chi connectivity index (χ3v) is 3.69. The second-order valence-electron chi connectivity index (χ2n) is 5.03. The molecule has 1 aliphatic carbocycles. The molecule has 1 aliphatic rings. The number of rotatable bonds is 5. The lowest BCUT2D eigenvalue weighted by molar-refractivity contribution is 0.181. The van der Waals surface area contributed by atoms with Crippen molar-refractivity contribution in [2.45, 2.75) is 71.9 Å². The zero-order valence-corrected chi connectivity index (χ0v) is 11.2. The van der Waals surface area contributed by atoms with Crippen LogP contribution in [-0.4, -0.2) is 5.67 Å². The summed E-state index contributed by atoms with van der Waals surface area (Å²) in [5.41, 5.74) is 2.48. The number of hydrogen-bond donors (Lipinski definition) is 0. The van der Waals surface area contributed by atoms with E-state index >= 15 is 0 Å². The highest BCUT2D eigenvalue weighted by atomic mass is 19.1. The molecule has 0 unspecified atom stereocenters. The van der Waals surface area contributed by atoms with E-state index in [2.05, 4.69) is 33.8 Å². The van der Waals surface area contributed by atoms with Gasteiger partial charge in [0.1, 0.15) is 5.67 Å². The zero-order valence-electron chi connectivity index (χ0n) is 11.2. The van der Waals surface area contributed by atoms with Crippen molar-refractivity contribution >= 4 is 0 Å². The molecule has 0 aromatic rings. The van der Waals surface area contributed by atoms with Crippen LogP contribution in [0, 0.1) is 0 Å². The third kappa shape index (κ3) is 2.75. The Hall–Kier alpha value is -0.590. The Morgan fingerprint density at radius 2 is 1.75 bits per heavy atom. The first-order valence-corrected chi connectivity index (χ1v) is 6.61. The van der Waals surface area contributed by atoms with E-state index in [9.17, 15) is 4.39 Å². The number of hydrogen-bond acceptors (Lipinski definition) is 0. The van der Waals surface area contributed by atoms with E-state index in [1.165, 1.54) is 11.1 Å². The molecule has 1 rings (SSSR count). The predicted molar refractivity (Wildman–Crippen MR) is 69.3 cm³/mol. The largest absolute Gasteiger partial charge is 0.239 e. The number of halogens is 1. The molecule has 1 heteroatoms. The van der Waals surface area contributed by atoms with E-state index in [0.717, 1.165) is 31.3 Å². The Labute approximate surface area is 99.6 Å². The summed E-state index contributed by atoms with van der Waals surface area (Å²) in [7, 11) is 0. The van der Waals surface area contributed by atoms with Gasteiger partial charge in [-0.1, -0.05) is 38.3 Å². The molecule has 0 saturated carbocycles. The van der Waals surface area contributed by atoms with E-state index in [1.54, 1.807) is 0 Å². The second-order valence-corrected chi connectivity index (χ2v) is 5.03. The molecule has 0 bridgehead atoms. The summed E-state index contributed by atoms with van der Waals surface area (Å²) in [4.78, 5) is 0. The molecule has 0 fully saturated rings. The van der Waals surface area contributed by atoms with Crippen LogP contribution in [0.4, 0.5) is 4.39 Å². The normalized spacial score (nSPS) is 17.7. The van der Waals surface area contributed by atoms with Gasteiger partial charge in [0.15, 0.2) is 0 Å². The Balaban J connectivity index is 2.99. The van der Waals surface area contributed by atoms with Gasteiger partial charge in [-0.2, -0.15) is 0 Å². The van der Waals surface area contributed by atoms with Gasteiger partial charge < -0.3 is 0 Å². The minimum absolute atomic E-state index is 0.664. The lowest BCUT2D eigenvalue weighted by Gasteiger charge is -2.31. The van der Waals surface area contributed by atoms with Crippen molar-refractivity contribution in [3.05, 3.63) is 22.8 Å². The molecule has 0 heterocycles. The molecule has 0 saturated heterocycles. The molecule has 0 aromatic heterocycles. The van der Waals surface area contributed by atoms with Crippen LogP contribution in [0.15, 0.2) is 22.8 Å². The van der Waals surface area contributed by atoms with Gasteiger partial charge in [0.05, 0.1) is 0 Å². The molecule has 0 aromatic carbocycles. The SMILES string of the molecule is CCCC(F)(CCC)C1=CCCC(C)=C1C. The summed E-state index contributed by atoms with van der Waals surface area (Å²) in [6, 6.07) is 0. The van der Waals surface area contributed by atoms with Gasteiger partial charge in [-0.05, 0) is 50.7 Å². The summed E-state index contributed by atoms with van der Waals surface area (Å²) in [5.74, 6) is 0. The Morgan fingerprint density at radius 3 is 2.25 bits per heavy atom. The van der Waals surface area contributed by atoms with Crippen LogP contribution in [0.2, 0.25) is 0 Å². The van der Waals surface area contributed by atoms with Gasteiger partial charge in [-0.3, -0.25) is 0 Å². The maximum absolute atomic E-state index is 15.0. The van der Waals surface area contributed by atoms with Crippen LogP contribution in [0.1, 0.15) is 66.2 Å². The fraction of sp³-hybridized carbons (Fsp3) is 0.733. The molecule has 0 aliphatic heterocycles. The summed E-state index contributed by atoms with van der Waals surface area (Å²) in [6.07, 6.45) is 7.41. The Bertz CT molecular complexity index is 291. The van der Waals surface area contributed by atoms with Crippen molar-refractivity contribution in [1.29, 1.82) is 0 Å². The molecule has 92 valence electrons. The highest BCUT2D eigenvalue weighted by molar-refractivity contribution is 5.42. The molecular formula is C15H25F. The fourth-order valence-corrected chi connectivity index (χ4v) is 2.71. The van der Waals surface area contributed by atoms with Crippen molar-refractivity contribution in [1.82, 2.24) is 0 Å². The summed E-state index contributed by atoms with van der Waals surface area (Å²) in [5, 5.41) is 0. The van der Waals surface area contributed by atoms with Gasteiger partial charge in [-0.15, -0.1) is 0 Å². The van der Waals surface area contributed by atoms with Gasteiger partial charge in [-0.25, -0.2) is 4.39 Å². The fourth-order valence-electron chi connectivity index (χ4n) is 2.71. The van der Waals surface area contributed by atoms with E-state index in [-0.39, 0.29) is 0 Å². The maximum Gasteiger partial charge on any atom is 0.135 e. The van der Waals surface area contributed by atoms with Gasteiger partial charge in [0.2, 0.25) is 0 Å². The Morgan fingerprint density at radius 1 is 1.19 bits per heavy atom. The lowest BCUT2D eigenvalue weighted by atomic mass is 9.78. The van der Waals surface area contributed by atoms with Gasteiger partial charge in [0.25, 0.3) is 0 Å². The topological polar surface area (TPSA) is 0 Å². The molecular weight excluding hydrogens is 199 g/mol. The molecule has 0 atom stereocenters. The number of alkyl halides is 1. The van der Waals surface area contributed by atoms with Gasteiger partial charge >= 0.3 is 0 Å². The van der Waals surface area contributed by atoms with Crippen molar-refractivity contribution < 1.29 is 4.39 Å². The average Bonchev–Trinajstić information content (AvgIpc) is 2.22. The van der Waals surface area contributed by atoms with Crippen LogP contribution in [0.5, 0.6) is 0 Å². The quantitative estimate of drug-likeness (QED) is 0.590. The highest BCUT2D eigenvalue weighted by Crippen LogP contribution is 2.40. The molecule has 16 heavy (non-hydrogen) atoms. The van der Waals surface area contributed by atoms with Crippen LogP contribution < -0.4 is 0 Å². The van der Waals surface area contributed by atoms with Crippen molar-refractivity contribution in [2.75, 3.05) is 0 Å². The molecule has 0 nitrogen and oxygen atoms in total. The minimum Gasteiger partial charge on any atom is -0.239 e. The molecule has 0 radical (unpaired) electrons. The van der Waals surface area contributed by atoms with Crippen LogP contribution in [0.25, 0.3) is 0 Å². The highest BCUT2D eigenvalue weighted by Gasteiger charge is 2.34. The van der Waals surface area contributed by atoms with E-state index < -0.39 is 5.67 Å².